The highest BCUT2D eigenvalue weighted by Crippen LogP contribution is 2.51. The zero-order chi connectivity index (χ0) is 22.1. The molecule has 4 nitrogen and oxygen atoms in total. The van der Waals surface area contributed by atoms with E-state index in [1.165, 1.54) is 70.6 Å². The van der Waals surface area contributed by atoms with Gasteiger partial charge in [0.25, 0.3) is 0 Å². The Morgan fingerprint density at radius 2 is 1.33 bits per heavy atom. The van der Waals surface area contributed by atoms with Crippen LogP contribution in [0.3, 0.4) is 0 Å². The molecule has 0 bridgehead atoms. The maximum atomic E-state index is 12.3. The van der Waals surface area contributed by atoms with Gasteiger partial charge in [0.05, 0.1) is 18.4 Å². The highest BCUT2D eigenvalue weighted by atomic mass is 16.6. The summed E-state index contributed by atoms with van der Waals surface area (Å²) >= 11 is 0. The normalized spacial score (nSPS) is 19.1. The predicted octanol–water partition coefficient (Wildman–Crippen LogP) is 7.13. The van der Waals surface area contributed by atoms with Crippen LogP contribution in [0, 0.1) is 10.8 Å². The predicted molar refractivity (Wildman–Crippen MR) is 121 cm³/mol. The van der Waals surface area contributed by atoms with Gasteiger partial charge in [-0.15, -0.1) is 0 Å². The minimum atomic E-state index is -0.371. The SMILES string of the molecule is CCOC(=O)CC1(CCCCCCCCCCC2(C(=O)OC(C)(C)C)CC2)CCC1. The van der Waals surface area contributed by atoms with E-state index in [0.717, 1.165) is 25.7 Å². The molecular weight excluding hydrogens is 376 g/mol. The zero-order valence-electron chi connectivity index (χ0n) is 20.2. The van der Waals surface area contributed by atoms with Gasteiger partial charge in [-0.1, -0.05) is 57.8 Å². The average molecular weight is 423 g/mol. The molecule has 0 aromatic heterocycles. The van der Waals surface area contributed by atoms with E-state index in [2.05, 4.69) is 0 Å². The van der Waals surface area contributed by atoms with Crippen LogP contribution < -0.4 is 0 Å². The van der Waals surface area contributed by atoms with Crippen LogP contribution in [-0.4, -0.2) is 24.1 Å². The summed E-state index contributed by atoms with van der Waals surface area (Å²) in [5.41, 5.74) is -0.253. The number of carbonyl (C=O) groups excluding carboxylic acids is 2. The third-order valence-electron chi connectivity index (χ3n) is 7.04. The first-order chi connectivity index (χ1) is 14.2. The van der Waals surface area contributed by atoms with Crippen molar-refractivity contribution in [3.05, 3.63) is 0 Å². The van der Waals surface area contributed by atoms with E-state index >= 15 is 0 Å². The molecule has 0 N–H and O–H groups in total. The van der Waals surface area contributed by atoms with Gasteiger partial charge in [-0.05, 0) is 71.6 Å². The van der Waals surface area contributed by atoms with E-state index in [1.54, 1.807) is 0 Å². The molecular formula is C26H46O4. The molecule has 174 valence electrons. The fourth-order valence-corrected chi connectivity index (χ4v) is 4.83. The maximum absolute atomic E-state index is 12.3. The maximum Gasteiger partial charge on any atom is 0.312 e. The largest absolute Gasteiger partial charge is 0.466 e. The monoisotopic (exact) mass is 422 g/mol. The quantitative estimate of drug-likeness (QED) is 0.208. The molecule has 4 heteroatoms. The lowest BCUT2D eigenvalue weighted by molar-refractivity contribution is -0.162. The second-order valence-corrected chi connectivity index (χ2v) is 10.9. The topological polar surface area (TPSA) is 52.6 Å². The molecule has 0 aromatic carbocycles. The smallest absolute Gasteiger partial charge is 0.312 e. The molecule has 0 heterocycles. The standard InChI is InChI=1S/C26H46O4/c1-5-29-22(27)21-25(16-14-17-25)15-12-10-8-6-7-9-11-13-18-26(19-20-26)23(28)30-24(2,3)4/h5-21H2,1-4H3. The molecule has 0 spiro atoms. The lowest BCUT2D eigenvalue weighted by Gasteiger charge is -2.41. The molecule has 0 aliphatic heterocycles. The third-order valence-corrected chi connectivity index (χ3v) is 7.04. The summed E-state index contributed by atoms with van der Waals surface area (Å²) in [6.45, 7) is 8.24. The number of esters is 2. The van der Waals surface area contributed by atoms with Crippen molar-refractivity contribution in [2.24, 2.45) is 10.8 Å². The van der Waals surface area contributed by atoms with Gasteiger partial charge in [-0.2, -0.15) is 0 Å². The van der Waals surface area contributed by atoms with Crippen molar-refractivity contribution in [1.82, 2.24) is 0 Å². The van der Waals surface area contributed by atoms with Crippen LogP contribution in [0.25, 0.3) is 0 Å². The van der Waals surface area contributed by atoms with Crippen molar-refractivity contribution in [3.8, 4) is 0 Å². The number of rotatable bonds is 15. The van der Waals surface area contributed by atoms with E-state index in [9.17, 15) is 9.59 Å². The average Bonchev–Trinajstić information content (AvgIpc) is 3.41. The van der Waals surface area contributed by atoms with Gasteiger partial charge < -0.3 is 9.47 Å². The Balaban J connectivity index is 1.45. The summed E-state index contributed by atoms with van der Waals surface area (Å²) in [6, 6.07) is 0. The van der Waals surface area contributed by atoms with Crippen LogP contribution in [0.15, 0.2) is 0 Å². The van der Waals surface area contributed by atoms with Gasteiger partial charge in [0, 0.05) is 0 Å². The van der Waals surface area contributed by atoms with Crippen molar-refractivity contribution in [2.75, 3.05) is 6.61 Å². The second kappa shape index (κ2) is 11.5. The molecule has 0 unspecified atom stereocenters. The molecule has 0 aromatic rings. The lowest BCUT2D eigenvalue weighted by Crippen LogP contribution is -2.32. The van der Waals surface area contributed by atoms with Gasteiger partial charge in [-0.25, -0.2) is 0 Å². The Labute approximate surface area is 184 Å². The summed E-state index contributed by atoms with van der Waals surface area (Å²) < 4.78 is 10.8. The van der Waals surface area contributed by atoms with E-state index in [1.807, 2.05) is 27.7 Å². The highest BCUT2D eigenvalue weighted by Gasteiger charge is 2.51. The van der Waals surface area contributed by atoms with Gasteiger partial charge in [0.2, 0.25) is 0 Å². The van der Waals surface area contributed by atoms with Crippen molar-refractivity contribution in [3.63, 3.8) is 0 Å². The van der Waals surface area contributed by atoms with Gasteiger partial charge in [0.15, 0.2) is 0 Å². The Hall–Kier alpha value is -1.06. The van der Waals surface area contributed by atoms with Crippen LogP contribution in [-0.2, 0) is 19.1 Å². The number of hydrogen-bond acceptors (Lipinski definition) is 4. The van der Waals surface area contributed by atoms with Crippen LogP contribution in [0.2, 0.25) is 0 Å². The first kappa shape index (κ1) is 25.2. The van der Waals surface area contributed by atoms with Crippen LogP contribution in [0.4, 0.5) is 0 Å². The molecule has 2 aliphatic carbocycles. The molecule has 0 atom stereocenters. The van der Waals surface area contributed by atoms with E-state index in [0.29, 0.717) is 13.0 Å². The molecule has 2 fully saturated rings. The molecule has 0 radical (unpaired) electrons. The summed E-state index contributed by atoms with van der Waals surface area (Å²) in [4.78, 5) is 24.2. The number of hydrogen-bond donors (Lipinski definition) is 0. The molecule has 0 amide bonds. The van der Waals surface area contributed by atoms with E-state index < -0.39 is 0 Å². The van der Waals surface area contributed by atoms with E-state index in [-0.39, 0.29) is 28.4 Å². The molecule has 2 aliphatic rings. The van der Waals surface area contributed by atoms with Gasteiger partial charge in [-0.3, -0.25) is 9.59 Å². The van der Waals surface area contributed by atoms with Crippen molar-refractivity contribution >= 4 is 11.9 Å². The van der Waals surface area contributed by atoms with E-state index in [4.69, 9.17) is 9.47 Å². The zero-order valence-corrected chi connectivity index (χ0v) is 20.2. The minimum absolute atomic E-state index is 0.00292. The van der Waals surface area contributed by atoms with Gasteiger partial charge in [0.1, 0.15) is 5.60 Å². The third kappa shape index (κ3) is 8.59. The number of unbranched alkanes of at least 4 members (excludes halogenated alkanes) is 7. The summed E-state index contributed by atoms with van der Waals surface area (Å²) in [7, 11) is 0. The van der Waals surface area contributed by atoms with Gasteiger partial charge >= 0.3 is 11.9 Å². The molecule has 2 rings (SSSR count). The highest BCUT2D eigenvalue weighted by molar-refractivity contribution is 5.80. The fraction of sp³-hybridized carbons (Fsp3) is 0.923. The summed E-state index contributed by atoms with van der Waals surface area (Å²) in [5, 5.41) is 0. The van der Waals surface area contributed by atoms with Crippen molar-refractivity contribution in [1.29, 1.82) is 0 Å². The summed E-state index contributed by atoms with van der Waals surface area (Å²) in [6.07, 6.45) is 18.6. The van der Waals surface area contributed by atoms with Crippen molar-refractivity contribution < 1.29 is 19.1 Å². The Bertz CT molecular complexity index is 538. The fourth-order valence-electron chi connectivity index (χ4n) is 4.83. The van der Waals surface area contributed by atoms with Crippen molar-refractivity contribution in [2.45, 2.75) is 136 Å². The second-order valence-electron chi connectivity index (χ2n) is 10.9. The first-order valence-corrected chi connectivity index (χ1v) is 12.6. The Kier molecular flexibility index (Phi) is 9.68. The first-order valence-electron chi connectivity index (χ1n) is 12.6. The minimum Gasteiger partial charge on any atom is -0.466 e. The van der Waals surface area contributed by atoms with Crippen LogP contribution >= 0.6 is 0 Å². The Morgan fingerprint density at radius 1 is 0.800 bits per heavy atom. The molecule has 30 heavy (non-hydrogen) atoms. The van der Waals surface area contributed by atoms with Crippen LogP contribution in [0.1, 0.15) is 130 Å². The Morgan fingerprint density at radius 3 is 1.77 bits per heavy atom. The molecule has 2 saturated carbocycles. The number of ether oxygens (including phenoxy) is 2. The number of carbonyl (C=O) groups is 2. The van der Waals surface area contributed by atoms with Crippen LogP contribution in [0.5, 0.6) is 0 Å². The molecule has 0 saturated heterocycles. The summed E-state index contributed by atoms with van der Waals surface area (Å²) in [5.74, 6) is 0.0269. The lowest BCUT2D eigenvalue weighted by atomic mass is 9.64.